The average Bonchev–Trinajstić information content (AvgIpc) is 2.89. The van der Waals surface area contributed by atoms with Gasteiger partial charge in [0.2, 0.25) is 0 Å². The van der Waals surface area contributed by atoms with E-state index >= 15 is 0 Å². The van der Waals surface area contributed by atoms with E-state index in [2.05, 4.69) is 28.2 Å². The Labute approximate surface area is 126 Å². The fourth-order valence-corrected chi connectivity index (χ4v) is 3.47. The Morgan fingerprint density at radius 1 is 1.40 bits per heavy atom. The van der Waals surface area contributed by atoms with Crippen molar-refractivity contribution in [3.05, 3.63) is 33.2 Å². The van der Waals surface area contributed by atoms with Crippen LogP contribution in [0.4, 0.5) is 10.1 Å². The zero-order chi connectivity index (χ0) is 14.3. The number of hydrogen-bond donors (Lipinski definition) is 1. The Bertz CT molecular complexity index is 682. The summed E-state index contributed by atoms with van der Waals surface area (Å²) in [7, 11) is 0. The number of nitrogens with one attached hydrogen (secondary N) is 1. The van der Waals surface area contributed by atoms with E-state index in [1.807, 2.05) is 6.92 Å². The monoisotopic (exact) mass is 336 g/mol. The molecule has 0 saturated heterocycles. The van der Waals surface area contributed by atoms with E-state index in [4.69, 9.17) is 4.98 Å². The Kier molecular flexibility index (Phi) is 3.67. The van der Waals surface area contributed by atoms with E-state index in [0.29, 0.717) is 4.47 Å². The molecule has 0 amide bonds. The number of aryl methyl sites for hydroxylation is 2. The van der Waals surface area contributed by atoms with Crippen molar-refractivity contribution < 1.29 is 4.39 Å². The van der Waals surface area contributed by atoms with Crippen molar-refractivity contribution in [2.75, 3.05) is 11.9 Å². The van der Waals surface area contributed by atoms with Gasteiger partial charge in [-0.1, -0.05) is 6.92 Å². The number of anilines is 1. The van der Waals surface area contributed by atoms with Crippen molar-refractivity contribution in [1.29, 1.82) is 0 Å². The Hall–Kier alpha value is -1.16. The molecule has 1 aromatic carbocycles. The lowest BCUT2D eigenvalue weighted by atomic mass is 10.0. The van der Waals surface area contributed by atoms with Crippen molar-refractivity contribution in [3.8, 4) is 0 Å². The highest BCUT2D eigenvalue weighted by Gasteiger charge is 2.22. The van der Waals surface area contributed by atoms with Gasteiger partial charge in [-0.15, -0.1) is 0 Å². The van der Waals surface area contributed by atoms with Gasteiger partial charge in [0.25, 0.3) is 0 Å². The quantitative estimate of drug-likeness (QED) is 0.874. The van der Waals surface area contributed by atoms with Crippen LogP contribution in [0.2, 0.25) is 0 Å². The van der Waals surface area contributed by atoms with Gasteiger partial charge < -0.3 is 5.32 Å². The summed E-state index contributed by atoms with van der Waals surface area (Å²) in [5, 5.41) is 4.40. The highest BCUT2D eigenvalue weighted by Crippen LogP contribution is 2.39. The number of halogens is 2. The Balaban J connectivity index is 2.35. The van der Waals surface area contributed by atoms with Gasteiger partial charge in [0.05, 0.1) is 9.99 Å². The number of benzene rings is 1. The Morgan fingerprint density at radius 2 is 2.20 bits per heavy atom. The van der Waals surface area contributed by atoms with Crippen LogP contribution in [0.5, 0.6) is 0 Å². The van der Waals surface area contributed by atoms with Crippen molar-refractivity contribution in [3.63, 3.8) is 0 Å². The summed E-state index contributed by atoms with van der Waals surface area (Å²) < 4.78 is 14.6. The molecule has 0 aliphatic heterocycles. The van der Waals surface area contributed by atoms with Crippen LogP contribution >= 0.6 is 15.9 Å². The number of pyridine rings is 1. The summed E-state index contributed by atoms with van der Waals surface area (Å²) in [6.07, 6.45) is 4.25. The molecule has 2 aromatic rings. The summed E-state index contributed by atoms with van der Waals surface area (Å²) in [5.41, 5.74) is 5.35. The lowest BCUT2D eigenvalue weighted by Crippen LogP contribution is -2.06. The maximum Gasteiger partial charge on any atom is 0.138 e. The normalized spacial score (nSPS) is 13.8. The van der Waals surface area contributed by atoms with Crippen LogP contribution in [-0.4, -0.2) is 11.5 Å². The van der Waals surface area contributed by atoms with Crippen molar-refractivity contribution >= 4 is 32.5 Å². The number of fused-ring (bicyclic) bond motifs is 2. The minimum Gasteiger partial charge on any atom is -0.384 e. The predicted molar refractivity (Wildman–Crippen MR) is 84.9 cm³/mol. The molecule has 2 nitrogen and oxygen atoms in total. The van der Waals surface area contributed by atoms with Gasteiger partial charge in [0.15, 0.2) is 0 Å². The maximum atomic E-state index is 14.1. The largest absolute Gasteiger partial charge is 0.384 e. The highest BCUT2D eigenvalue weighted by atomic mass is 79.9. The smallest absolute Gasteiger partial charge is 0.138 e. The first kappa shape index (κ1) is 13.8. The van der Waals surface area contributed by atoms with Gasteiger partial charge in [-0.05, 0) is 65.7 Å². The Morgan fingerprint density at radius 3 is 2.95 bits per heavy atom. The third kappa shape index (κ3) is 2.10. The molecular formula is C16H18BrFN2. The molecule has 3 rings (SSSR count). The van der Waals surface area contributed by atoms with Crippen LogP contribution in [0.3, 0.4) is 0 Å². The van der Waals surface area contributed by atoms with Gasteiger partial charge in [0.1, 0.15) is 5.82 Å². The minimum absolute atomic E-state index is 0.214. The maximum absolute atomic E-state index is 14.1. The van der Waals surface area contributed by atoms with Gasteiger partial charge in [-0.25, -0.2) is 4.39 Å². The first-order valence-corrected chi connectivity index (χ1v) is 7.96. The predicted octanol–water partition coefficient (Wildman–Crippen LogP) is 4.76. The average molecular weight is 337 g/mol. The van der Waals surface area contributed by atoms with Crippen LogP contribution in [0, 0.1) is 12.7 Å². The number of aromatic nitrogens is 1. The molecule has 0 bridgehead atoms. The molecule has 0 unspecified atom stereocenters. The van der Waals surface area contributed by atoms with Gasteiger partial charge in [-0.3, -0.25) is 4.98 Å². The van der Waals surface area contributed by atoms with Gasteiger partial charge in [-0.2, -0.15) is 0 Å². The number of rotatable bonds is 3. The highest BCUT2D eigenvalue weighted by molar-refractivity contribution is 9.10. The standard InChI is InChI=1S/C16H18BrFN2/c1-3-7-19-16-10-5-4-6-12(10)20-15-9(2)8-11(18)14(17)13(15)16/h8H,3-7H2,1-2H3,(H,19,20). The number of hydrogen-bond acceptors (Lipinski definition) is 2. The molecule has 0 radical (unpaired) electrons. The first-order valence-electron chi connectivity index (χ1n) is 7.17. The zero-order valence-electron chi connectivity index (χ0n) is 11.8. The van der Waals surface area contributed by atoms with E-state index in [0.717, 1.165) is 54.4 Å². The molecule has 20 heavy (non-hydrogen) atoms. The molecule has 0 atom stereocenters. The summed E-state index contributed by atoms with van der Waals surface area (Å²) in [6.45, 7) is 4.96. The molecule has 1 aliphatic carbocycles. The van der Waals surface area contributed by atoms with E-state index in [1.165, 1.54) is 11.3 Å². The van der Waals surface area contributed by atoms with E-state index in [1.54, 1.807) is 6.07 Å². The molecule has 1 N–H and O–H groups in total. The molecule has 0 fully saturated rings. The van der Waals surface area contributed by atoms with Crippen LogP contribution in [-0.2, 0) is 12.8 Å². The van der Waals surface area contributed by atoms with E-state index < -0.39 is 0 Å². The second kappa shape index (κ2) is 5.32. The SMILES string of the molecule is CCCNc1c2c(nc3c(C)cc(F)c(Br)c13)CCC2. The molecule has 4 heteroatoms. The molecular weight excluding hydrogens is 319 g/mol. The molecule has 0 spiro atoms. The van der Waals surface area contributed by atoms with Crippen molar-refractivity contribution in [2.24, 2.45) is 0 Å². The third-order valence-electron chi connectivity index (χ3n) is 3.92. The third-order valence-corrected chi connectivity index (χ3v) is 4.70. The minimum atomic E-state index is -0.214. The van der Waals surface area contributed by atoms with E-state index in [-0.39, 0.29) is 5.82 Å². The second-order valence-corrected chi connectivity index (χ2v) is 6.20. The summed E-state index contributed by atoms with van der Waals surface area (Å²) in [6, 6.07) is 1.56. The van der Waals surface area contributed by atoms with Crippen LogP contribution in [0.15, 0.2) is 10.5 Å². The van der Waals surface area contributed by atoms with Crippen LogP contribution in [0.25, 0.3) is 10.9 Å². The lowest BCUT2D eigenvalue weighted by molar-refractivity contribution is 0.622. The number of nitrogens with zero attached hydrogens (tertiary/aromatic N) is 1. The lowest BCUT2D eigenvalue weighted by Gasteiger charge is -2.17. The molecule has 0 saturated carbocycles. The molecule has 106 valence electrons. The van der Waals surface area contributed by atoms with Crippen molar-refractivity contribution in [1.82, 2.24) is 4.98 Å². The molecule has 1 aliphatic rings. The van der Waals surface area contributed by atoms with Gasteiger partial charge >= 0.3 is 0 Å². The van der Waals surface area contributed by atoms with Gasteiger partial charge in [0, 0.05) is 23.3 Å². The van der Waals surface area contributed by atoms with Crippen molar-refractivity contribution in [2.45, 2.75) is 39.5 Å². The topological polar surface area (TPSA) is 24.9 Å². The fraction of sp³-hybridized carbons (Fsp3) is 0.438. The molecule has 1 aromatic heterocycles. The van der Waals surface area contributed by atoms with Crippen LogP contribution < -0.4 is 5.32 Å². The van der Waals surface area contributed by atoms with E-state index in [9.17, 15) is 4.39 Å². The second-order valence-electron chi connectivity index (χ2n) is 5.41. The van der Waals surface area contributed by atoms with Crippen LogP contribution in [0.1, 0.15) is 36.6 Å². The zero-order valence-corrected chi connectivity index (χ0v) is 13.4. The summed E-state index contributed by atoms with van der Waals surface area (Å²) in [5.74, 6) is -0.214. The fourth-order valence-electron chi connectivity index (χ4n) is 2.97. The summed E-state index contributed by atoms with van der Waals surface area (Å²) >= 11 is 3.41. The first-order chi connectivity index (χ1) is 9.63. The molecule has 1 heterocycles. The summed E-state index contributed by atoms with van der Waals surface area (Å²) in [4.78, 5) is 4.79.